The Hall–Kier alpha value is -1.78. The molecule has 1 heterocycles. The molecule has 1 unspecified atom stereocenters. The first-order valence-corrected chi connectivity index (χ1v) is 7.00. The Kier molecular flexibility index (Phi) is 5.21. The van der Waals surface area contributed by atoms with Gasteiger partial charge in [-0.2, -0.15) is 0 Å². The third-order valence-corrected chi connectivity index (χ3v) is 3.43. The zero-order chi connectivity index (χ0) is 14.4. The molecule has 104 valence electrons. The molecule has 0 aliphatic rings. The molecule has 0 aliphatic heterocycles. The normalized spacial score (nSPS) is 12.3. The molecule has 1 atom stereocenters. The number of hydrogen-bond donors (Lipinski definition) is 1. The maximum Gasteiger partial charge on any atom is 0.0746 e. The number of nitrogens with two attached hydrogens (primary N) is 1. The zero-order valence-electron chi connectivity index (χ0n) is 11.6. The third kappa shape index (κ3) is 4.11. The van der Waals surface area contributed by atoms with Crippen LogP contribution in [0.1, 0.15) is 23.6 Å². The topological polar surface area (TPSA) is 42.2 Å². The molecular weight excluding hydrogens is 266 g/mol. The molecule has 4 heteroatoms. The molecule has 1 aromatic heterocycles. The van der Waals surface area contributed by atoms with E-state index in [2.05, 4.69) is 35.1 Å². The smallest absolute Gasteiger partial charge is 0.0746 e. The molecule has 2 aromatic rings. The lowest BCUT2D eigenvalue weighted by Crippen LogP contribution is -2.28. The number of hydrogen-bond acceptors (Lipinski definition) is 3. The van der Waals surface area contributed by atoms with Gasteiger partial charge in [0.05, 0.1) is 4.99 Å². The van der Waals surface area contributed by atoms with Gasteiger partial charge in [-0.1, -0.05) is 48.6 Å². The largest absolute Gasteiger partial charge is 0.393 e. The summed E-state index contributed by atoms with van der Waals surface area (Å²) in [4.78, 5) is 6.95. The van der Waals surface area contributed by atoms with Crippen LogP contribution in [0.25, 0.3) is 0 Å². The van der Waals surface area contributed by atoms with Crippen molar-refractivity contribution < 1.29 is 0 Å². The highest BCUT2D eigenvalue weighted by molar-refractivity contribution is 7.80. The van der Waals surface area contributed by atoms with Crippen molar-refractivity contribution >= 4 is 17.2 Å². The van der Waals surface area contributed by atoms with Gasteiger partial charge in [0.1, 0.15) is 0 Å². The predicted octanol–water partition coefficient (Wildman–Crippen LogP) is 2.93. The van der Waals surface area contributed by atoms with Gasteiger partial charge in [0.15, 0.2) is 0 Å². The molecule has 2 N–H and O–H groups in total. The zero-order valence-corrected chi connectivity index (χ0v) is 12.4. The van der Waals surface area contributed by atoms with Gasteiger partial charge >= 0.3 is 0 Å². The van der Waals surface area contributed by atoms with Crippen LogP contribution in [-0.2, 0) is 6.54 Å². The quantitative estimate of drug-likeness (QED) is 0.829. The highest BCUT2D eigenvalue weighted by Crippen LogP contribution is 2.24. The van der Waals surface area contributed by atoms with E-state index in [0.717, 1.165) is 6.54 Å². The molecule has 0 saturated heterocycles. The molecule has 0 amide bonds. The van der Waals surface area contributed by atoms with E-state index in [4.69, 9.17) is 18.0 Å². The number of aromatic nitrogens is 1. The Bertz CT molecular complexity index is 542. The summed E-state index contributed by atoms with van der Waals surface area (Å²) in [5.41, 5.74) is 8.16. The first kappa shape index (κ1) is 14.6. The van der Waals surface area contributed by atoms with Crippen LogP contribution < -0.4 is 5.73 Å². The first-order valence-electron chi connectivity index (χ1n) is 6.59. The van der Waals surface area contributed by atoms with Crippen molar-refractivity contribution in [1.82, 2.24) is 9.88 Å². The van der Waals surface area contributed by atoms with Crippen LogP contribution in [0.4, 0.5) is 0 Å². The van der Waals surface area contributed by atoms with Crippen LogP contribution in [0.5, 0.6) is 0 Å². The maximum absolute atomic E-state index is 5.75. The number of thiocarbonyl (C=S) groups is 1. The molecule has 1 aromatic carbocycles. The molecule has 0 fully saturated rings. The lowest BCUT2D eigenvalue weighted by atomic mass is 10.0. The lowest BCUT2D eigenvalue weighted by Gasteiger charge is -2.28. The highest BCUT2D eigenvalue weighted by atomic mass is 32.1. The minimum Gasteiger partial charge on any atom is -0.393 e. The first-order chi connectivity index (χ1) is 9.66. The van der Waals surface area contributed by atoms with Gasteiger partial charge in [-0.15, -0.1) is 0 Å². The van der Waals surface area contributed by atoms with Gasteiger partial charge in [0.2, 0.25) is 0 Å². The fourth-order valence-corrected chi connectivity index (χ4v) is 2.44. The van der Waals surface area contributed by atoms with Crippen molar-refractivity contribution in [2.75, 3.05) is 7.05 Å². The Labute approximate surface area is 125 Å². The summed E-state index contributed by atoms with van der Waals surface area (Å²) in [5.74, 6) is 0. The van der Waals surface area contributed by atoms with Crippen LogP contribution in [-0.4, -0.2) is 21.9 Å². The van der Waals surface area contributed by atoms with Gasteiger partial charge in [0, 0.05) is 31.4 Å². The second kappa shape index (κ2) is 7.12. The number of nitrogens with zero attached hydrogens (tertiary/aromatic N) is 2. The molecule has 20 heavy (non-hydrogen) atoms. The van der Waals surface area contributed by atoms with E-state index < -0.39 is 0 Å². The standard InChI is InChI=1S/C16H19N3S/c1-19(12-13-6-5-9-18-11-13)15(10-16(17)20)14-7-3-2-4-8-14/h2-9,11,15H,10,12H2,1H3,(H2,17,20). The van der Waals surface area contributed by atoms with Crippen LogP contribution in [0, 0.1) is 0 Å². The van der Waals surface area contributed by atoms with Crippen molar-refractivity contribution in [1.29, 1.82) is 0 Å². The minimum absolute atomic E-state index is 0.189. The molecule has 0 spiro atoms. The number of pyridine rings is 1. The van der Waals surface area contributed by atoms with Crippen LogP contribution in [0.15, 0.2) is 54.9 Å². The number of benzene rings is 1. The molecule has 2 rings (SSSR count). The van der Waals surface area contributed by atoms with Gasteiger partial charge in [-0.3, -0.25) is 9.88 Å². The summed E-state index contributed by atoms with van der Waals surface area (Å²) in [6.45, 7) is 0.815. The van der Waals surface area contributed by atoms with Crippen LogP contribution in [0.2, 0.25) is 0 Å². The fraction of sp³-hybridized carbons (Fsp3) is 0.250. The summed E-state index contributed by atoms with van der Waals surface area (Å²) in [7, 11) is 2.09. The second-order valence-corrected chi connectivity index (χ2v) is 5.40. The molecular formula is C16H19N3S. The van der Waals surface area contributed by atoms with E-state index in [0.29, 0.717) is 11.4 Å². The van der Waals surface area contributed by atoms with Gasteiger partial charge in [0.25, 0.3) is 0 Å². The predicted molar refractivity (Wildman–Crippen MR) is 86.3 cm³/mol. The van der Waals surface area contributed by atoms with Crippen molar-refractivity contribution in [2.24, 2.45) is 5.73 Å². The van der Waals surface area contributed by atoms with E-state index in [1.165, 1.54) is 11.1 Å². The van der Waals surface area contributed by atoms with Gasteiger partial charge < -0.3 is 5.73 Å². The average molecular weight is 285 g/mol. The van der Waals surface area contributed by atoms with Crippen molar-refractivity contribution in [3.63, 3.8) is 0 Å². The van der Waals surface area contributed by atoms with E-state index in [-0.39, 0.29) is 6.04 Å². The number of rotatable bonds is 6. The van der Waals surface area contributed by atoms with Crippen LogP contribution >= 0.6 is 12.2 Å². The Balaban J connectivity index is 2.16. The summed E-state index contributed by atoms with van der Waals surface area (Å²) in [6.07, 6.45) is 4.35. The van der Waals surface area contributed by atoms with Crippen molar-refractivity contribution in [3.8, 4) is 0 Å². The van der Waals surface area contributed by atoms with E-state index >= 15 is 0 Å². The van der Waals surface area contributed by atoms with Crippen molar-refractivity contribution in [3.05, 3.63) is 66.0 Å². The van der Waals surface area contributed by atoms with E-state index in [9.17, 15) is 0 Å². The molecule has 3 nitrogen and oxygen atoms in total. The van der Waals surface area contributed by atoms with E-state index in [1.54, 1.807) is 6.20 Å². The van der Waals surface area contributed by atoms with Gasteiger partial charge in [-0.25, -0.2) is 0 Å². The fourth-order valence-electron chi connectivity index (χ4n) is 2.28. The molecule has 0 saturated carbocycles. The Morgan fingerprint density at radius 1 is 1.25 bits per heavy atom. The van der Waals surface area contributed by atoms with Crippen molar-refractivity contribution in [2.45, 2.75) is 19.0 Å². The third-order valence-electron chi connectivity index (χ3n) is 3.27. The Morgan fingerprint density at radius 2 is 2.00 bits per heavy atom. The molecule has 0 radical (unpaired) electrons. The average Bonchev–Trinajstić information content (AvgIpc) is 2.46. The Morgan fingerprint density at radius 3 is 2.60 bits per heavy atom. The molecule has 0 bridgehead atoms. The van der Waals surface area contributed by atoms with E-state index in [1.807, 2.05) is 30.5 Å². The molecule has 0 aliphatic carbocycles. The van der Waals surface area contributed by atoms with Crippen LogP contribution in [0.3, 0.4) is 0 Å². The maximum atomic E-state index is 5.75. The summed E-state index contributed by atoms with van der Waals surface area (Å²) < 4.78 is 0. The second-order valence-electron chi connectivity index (χ2n) is 4.87. The minimum atomic E-state index is 0.189. The summed E-state index contributed by atoms with van der Waals surface area (Å²) in [6, 6.07) is 14.5. The lowest BCUT2D eigenvalue weighted by molar-refractivity contribution is 0.242. The highest BCUT2D eigenvalue weighted by Gasteiger charge is 2.18. The summed E-state index contributed by atoms with van der Waals surface area (Å²) in [5, 5.41) is 0. The monoisotopic (exact) mass is 285 g/mol. The summed E-state index contributed by atoms with van der Waals surface area (Å²) >= 11 is 5.09. The van der Waals surface area contributed by atoms with Gasteiger partial charge in [-0.05, 0) is 24.2 Å². The SMILES string of the molecule is CN(Cc1cccnc1)C(CC(N)=S)c1ccccc1.